The van der Waals surface area contributed by atoms with Crippen LogP contribution in [0.15, 0.2) is 63.6 Å². The average Bonchev–Trinajstić information content (AvgIpc) is 3.40. The van der Waals surface area contributed by atoms with Crippen molar-refractivity contribution in [1.82, 2.24) is 4.90 Å². The maximum Gasteiger partial charge on any atom is 0.416 e. The second-order valence-corrected chi connectivity index (χ2v) is 8.46. The number of hydrogen-bond donors (Lipinski definition) is 1. The Morgan fingerprint density at radius 2 is 1.93 bits per heavy atom. The summed E-state index contributed by atoms with van der Waals surface area (Å²) < 4.78 is 50.4. The van der Waals surface area contributed by atoms with Crippen LogP contribution in [0.5, 0.6) is 0 Å². The van der Waals surface area contributed by atoms with Gasteiger partial charge in [0.05, 0.1) is 23.6 Å². The Morgan fingerprint density at radius 3 is 2.66 bits per heavy atom. The van der Waals surface area contributed by atoms with E-state index in [0.29, 0.717) is 40.1 Å². The van der Waals surface area contributed by atoms with E-state index in [-0.39, 0.29) is 5.25 Å². The van der Waals surface area contributed by atoms with Crippen LogP contribution in [-0.2, 0) is 19.1 Å². The lowest BCUT2D eigenvalue weighted by Crippen LogP contribution is -2.36. The second kappa shape index (κ2) is 7.89. The maximum absolute atomic E-state index is 12.9. The first-order valence-electron chi connectivity index (χ1n) is 8.75. The normalized spacial score (nSPS) is 19.9. The summed E-state index contributed by atoms with van der Waals surface area (Å²) in [4.78, 5) is 1.68. The van der Waals surface area contributed by atoms with E-state index in [0.717, 1.165) is 12.1 Å². The maximum atomic E-state index is 12.9. The molecule has 29 heavy (non-hydrogen) atoms. The predicted molar refractivity (Wildman–Crippen MR) is 107 cm³/mol. The SMILES string of the molecule is OC1C(Cc2ccc(-c3cccc(C(F)(F)F)c3)o2)SC(=S)N1Cc1ccco1. The number of thioether (sulfide) groups is 1. The minimum absolute atomic E-state index is 0.252. The smallest absolute Gasteiger partial charge is 0.416 e. The van der Waals surface area contributed by atoms with Crippen molar-refractivity contribution in [2.45, 2.75) is 30.6 Å². The Hall–Kier alpha value is -2.23. The summed E-state index contributed by atoms with van der Waals surface area (Å²) in [6.07, 6.45) is -3.29. The molecule has 3 heterocycles. The molecular weight excluding hydrogens is 423 g/mol. The molecular formula is C20H16F3NO3S2. The van der Waals surface area contributed by atoms with Gasteiger partial charge in [0.1, 0.15) is 27.8 Å². The highest BCUT2D eigenvalue weighted by Crippen LogP contribution is 2.36. The van der Waals surface area contributed by atoms with Gasteiger partial charge < -0.3 is 18.8 Å². The topological polar surface area (TPSA) is 49.8 Å². The van der Waals surface area contributed by atoms with Crippen molar-refractivity contribution in [1.29, 1.82) is 0 Å². The molecule has 4 rings (SSSR count). The van der Waals surface area contributed by atoms with Crippen molar-refractivity contribution < 1.29 is 27.1 Å². The highest BCUT2D eigenvalue weighted by molar-refractivity contribution is 8.23. The molecule has 4 nitrogen and oxygen atoms in total. The third-order valence-corrected chi connectivity index (χ3v) is 6.26. The van der Waals surface area contributed by atoms with E-state index in [9.17, 15) is 18.3 Å². The lowest BCUT2D eigenvalue weighted by atomic mass is 10.1. The fourth-order valence-corrected chi connectivity index (χ4v) is 4.76. The van der Waals surface area contributed by atoms with Crippen molar-refractivity contribution in [3.63, 3.8) is 0 Å². The second-order valence-electron chi connectivity index (χ2n) is 6.59. The van der Waals surface area contributed by atoms with Gasteiger partial charge in [-0.15, -0.1) is 0 Å². The number of hydrogen-bond acceptors (Lipinski definition) is 5. The molecule has 0 radical (unpaired) electrons. The molecule has 1 N–H and O–H groups in total. The van der Waals surface area contributed by atoms with Crippen LogP contribution in [0.4, 0.5) is 13.2 Å². The van der Waals surface area contributed by atoms with Crippen LogP contribution in [0, 0.1) is 0 Å². The standard InChI is InChI=1S/C20H16F3NO3S2/c21-20(22,23)13-4-1-3-12(9-13)16-7-6-14(27-16)10-17-18(25)24(19(28)29-17)11-15-5-2-8-26-15/h1-9,17-18,25H,10-11H2. The molecule has 3 aromatic rings. The number of aliphatic hydroxyl groups is 1. The summed E-state index contributed by atoms with van der Waals surface area (Å²) in [6.45, 7) is 0.365. The Bertz CT molecular complexity index is 1000. The molecule has 2 atom stereocenters. The van der Waals surface area contributed by atoms with E-state index in [1.165, 1.54) is 17.8 Å². The molecule has 9 heteroatoms. The summed E-state index contributed by atoms with van der Waals surface area (Å²) in [5.74, 6) is 1.60. The molecule has 1 fully saturated rings. The lowest BCUT2D eigenvalue weighted by molar-refractivity contribution is -0.137. The third kappa shape index (κ3) is 4.36. The van der Waals surface area contributed by atoms with Crippen LogP contribution in [0.1, 0.15) is 17.1 Å². The zero-order chi connectivity index (χ0) is 20.6. The zero-order valence-electron chi connectivity index (χ0n) is 14.9. The van der Waals surface area contributed by atoms with Gasteiger partial charge in [-0.1, -0.05) is 36.1 Å². The number of benzene rings is 1. The van der Waals surface area contributed by atoms with Gasteiger partial charge in [-0.3, -0.25) is 0 Å². The summed E-state index contributed by atoms with van der Waals surface area (Å²) in [7, 11) is 0. The summed E-state index contributed by atoms with van der Waals surface area (Å²) in [5.41, 5.74) is -0.380. The summed E-state index contributed by atoms with van der Waals surface area (Å²) >= 11 is 6.73. The molecule has 0 bridgehead atoms. The first-order chi connectivity index (χ1) is 13.8. The van der Waals surface area contributed by atoms with Gasteiger partial charge in [-0.2, -0.15) is 13.2 Å². The fourth-order valence-electron chi connectivity index (χ4n) is 3.13. The van der Waals surface area contributed by atoms with Crippen molar-refractivity contribution in [3.05, 3.63) is 71.9 Å². The van der Waals surface area contributed by atoms with E-state index in [1.54, 1.807) is 41.5 Å². The highest BCUT2D eigenvalue weighted by atomic mass is 32.2. The van der Waals surface area contributed by atoms with Gasteiger partial charge in [0.25, 0.3) is 0 Å². The van der Waals surface area contributed by atoms with Crippen LogP contribution < -0.4 is 0 Å². The quantitative estimate of drug-likeness (QED) is 0.543. The molecule has 152 valence electrons. The summed E-state index contributed by atoms with van der Waals surface area (Å²) in [5, 5.41) is 10.4. The van der Waals surface area contributed by atoms with Crippen molar-refractivity contribution in [3.8, 4) is 11.3 Å². The Kier molecular flexibility index (Phi) is 5.46. The van der Waals surface area contributed by atoms with Crippen LogP contribution in [0.3, 0.4) is 0 Å². The number of nitrogens with zero attached hydrogens (tertiary/aromatic N) is 1. The monoisotopic (exact) mass is 439 g/mol. The van der Waals surface area contributed by atoms with Crippen LogP contribution in [0.25, 0.3) is 11.3 Å². The molecule has 2 unspecified atom stereocenters. The summed E-state index contributed by atoms with van der Waals surface area (Å²) in [6, 6.07) is 11.9. The molecule has 1 saturated heterocycles. The van der Waals surface area contributed by atoms with E-state index in [4.69, 9.17) is 21.1 Å². The van der Waals surface area contributed by atoms with Gasteiger partial charge >= 0.3 is 6.18 Å². The lowest BCUT2D eigenvalue weighted by Gasteiger charge is -2.22. The molecule has 0 spiro atoms. The Balaban J connectivity index is 1.46. The molecule has 2 aromatic heterocycles. The van der Waals surface area contributed by atoms with Gasteiger partial charge in [-0.05, 0) is 36.4 Å². The number of furan rings is 2. The van der Waals surface area contributed by atoms with Gasteiger partial charge in [0, 0.05) is 12.0 Å². The van der Waals surface area contributed by atoms with E-state index in [2.05, 4.69) is 0 Å². The minimum atomic E-state index is -4.41. The van der Waals surface area contributed by atoms with Gasteiger partial charge in [-0.25, -0.2) is 0 Å². The number of aliphatic hydroxyl groups excluding tert-OH is 1. The Morgan fingerprint density at radius 1 is 1.10 bits per heavy atom. The van der Waals surface area contributed by atoms with Crippen molar-refractivity contribution in [2.75, 3.05) is 0 Å². The van der Waals surface area contributed by atoms with Crippen LogP contribution in [-0.4, -0.2) is 25.8 Å². The van der Waals surface area contributed by atoms with Gasteiger partial charge in [0.15, 0.2) is 0 Å². The zero-order valence-corrected chi connectivity index (χ0v) is 16.6. The molecule has 0 aliphatic carbocycles. The number of thiocarbonyl (C=S) groups is 1. The first kappa shape index (κ1) is 20.1. The van der Waals surface area contributed by atoms with E-state index < -0.39 is 18.0 Å². The minimum Gasteiger partial charge on any atom is -0.467 e. The molecule has 1 aromatic carbocycles. The fraction of sp³-hybridized carbons (Fsp3) is 0.250. The largest absolute Gasteiger partial charge is 0.467 e. The van der Waals surface area contributed by atoms with E-state index >= 15 is 0 Å². The van der Waals surface area contributed by atoms with Crippen molar-refractivity contribution in [2.24, 2.45) is 0 Å². The van der Waals surface area contributed by atoms with Crippen LogP contribution in [0.2, 0.25) is 0 Å². The van der Waals surface area contributed by atoms with Crippen molar-refractivity contribution >= 4 is 28.3 Å². The van der Waals surface area contributed by atoms with Crippen LogP contribution >= 0.6 is 24.0 Å². The molecule has 0 amide bonds. The first-order valence-corrected chi connectivity index (χ1v) is 10.0. The highest BCUT2D eigenvalue weighted by Gasteiger charge is 2.38. The predicted octanol–water partition coefficient (Wildman–Crippen LogP) is 5.32. The third-order valence-electron chi connectivity index (χ3n) is 4.58. The average molecular weight is 439 g/mol. The Labute approximate surface area is 174 Å². The molecule has 0 saturated carbocycles. The molecule has 1 aliphatic rings. The number of rotatable bonds is 5. The van der Waals surface area contributed by atoms with Gasteiger partial charge in [0.2, 0.25) is 0 Å². The number of halogens is 3. The number of alkyl halides is 3. The van der Waals surface area contributed by atoms with E-state index in [1.807, 2.05) is 0 Å². The molecule has 1 aliphatic heterocycles.